The highest BCUT2D eigenvalue weighted by molar-refractivity contribution is 5.78. The molecule has 0 aromatic heterocycles. The molecule has 0 N–H and O–H groups in total. The van der Waals surface area contributed by atoms with Crippen LogP contribution in [0.2, 0.25) is 0 Å². The highest BCUT2D eigenvalue weighted by Crippen LogP contribution is 2.05. The van der Waals surface area contributed by atoms with Crippen molar-refractivity contribution in [1.29, 1.82) is 5.26 Å². The standard InChI is InChI=1S/C15H11FN2O/c16-15-3-1-2-14(8-15)10-18-19-11-13-6-4-12(9-17)5-7-13/h1-8,10H,11H2/b18-10-. The number of benzene rings is 2. The van der Waals surface area contributed by atoms with Crippen LogP contribution in [0.1, 0.15) is 16.7 Å². The van der Waals surface area contributed by atoms with Crippen LogP contribution in [0.3, 0.4) is 0 Å². The molecule has 2 rings (SSSR count). The molecular formula is C15H11FN2O. The lowest BCUT2D eigenvalue weighted by atomic mass is 10.2. The van der Waals surface area contributed by atoms with E-state index in [4.69, 9.17) is 10.1 Å². The molecule has 2 aromatic carbocycles. The Morgan fingerprint density at radius 2 is 2.00 bits per heavy atom. The second-order valence-corrected chi connectivity index (χ2v) is 3.87. The van der Waals surface area contributed by atoms with Gasteiger partial charge in [-0.15, -0.1) is 0 Å². The first-order valence-corrected chi connectivity index (χ1v) is 5.68. The fraction of sp³-hybridized carbons (Fsp3) is 0.0667. The summed E-state index contributed by atoms with van der Waals surface area (Å²) in [5.74, 6) is -0.309. The highest BCUT2D eigenvalue weighted by Gasteiger charge is 1.94. The van der Waals surface area contributed by atoms with E-state index in [9.17, 15) is 4.39 Å². The predicted octanol–water partition coefficient (Wildman–Crippen LogP) is 3.25. The molecule has 0 unspecified atom stereocenters. The molecule has 19 heavy (non-hydrogen) atoms. The van der Waals surface area contributed by atoms with Gasteiger partial charge in [0.1, 0.15) is 12.4 Å². The zero-order valence-electron chi connectivity index (χ0n) is 10.1. The number of nitriles is 1. The zero-order valence-corrected chi connectivity index (χ0v) is 10.1. The third kappa shape index (κ3) is 3.93. The summed E-state index contributed by atoms with van der Waals surface area (Å²) in [5.41, 5.74) is 2.15. The Balaban J connectivity index is 1.87. The van der Waals surface area contributed by atoms with Crippen LogP contribution in [-0.2, 0) is 11.4 Å². The lowest BCUT2D eigenvalue weighted by Crippen LogP contribution is -1.89. The number of rotatable bonds is 4. The molecule has 2 aromatic rings. The van der Waals surface area contributed by atoms with Crippen LogP contribution in [-0.4, -0.2) is 6.21 Å². The minimum atomic E-state index is -0.309. The largest absolute Gasteiger partial charge is 0.391 e. The molecule has 0 heterocycles. The van der Waals surface area contributed by atoms with Gasteiger partial charge in [0, 0.05) is 0 Å². The van der Waals surface area contributed by atoms with Gasteiger partial charge >= 0.3 is 0 Å². The Bertz CT molecular complexity index is 615. The van der Waals surface area contributed by atoms with Crippen molar-refractivity contribution in [3.05, 3.63) is 71.0 Å². The van der Waals surface area contributed by atoms with Crippen molar-refractivity contribution in [1.82, 2.24) is 0 Å². The minimum absolute atomic E-state index is 0.303. The molecule has 0 fully saturated rings. The van der Waals surface area contributed by atoms with Gasteiger partial charge in [0.05, 0.1) is 17.8 Å². The van der Waals surface area contributed by atoms with Crippen LogP contribution in [0.15, 0.2) is 53.7 Å². The number of oxime groups is 1. The van der Waals surface area contributed by atoms with Gasteiger partial charge in [-0.2, -0.15) is 5.26 Å². The quantitative estimate of drug-likeness (QED) is 0.621. The average Bonchev–Trinajstić information content (AvgIpc) is 2.44. The van der Waals surface area contributed by atoms with Gasteiger partial charge in [-0.1, -0.05) is 29.4 Å². The zero-order chi connectivity index (χ0) is 13.5. The van der Waals surface area contributed by atoms with Gasteiger partial charge in [-0.05, 0) is 35.4 Å². The summed E-state index contributed by atoms with van der Waals surface area (Å²) in [6.45, 7) is 0.303. The summed E-state index contributed by atoms with van der Waals surface area (Å²) in [4.78, 5) is 5.10. The van der Waals surface area contributed by atoms with Crippen molar-refractivity contribution in [3.8, 4) is 6.07 Å². The Hall–Kier alpha value is -2.67. The van der Waals surface area contributed by atoms with Gasteiger partial charge in [0.2, 0.25) is 0 Å². The SMILES string of the molecule is N#Cc1ccc(CO/N=C\c2cccc(F)c2)cc1. The van der Waals surface area contributed by atoms with Gasteiger partial charge < -0.3 is 4.84 Å². The van der Waals surface area contributed by atoms with Crippen LogP contribution in [0, 0.1) is 17.1 Å². The molecule has 3 nitrogen and oxygen atoms in total. The molecule has 0 atom stereocenters. The number of nitrogens with zero attached hydrogens (tertiary/aromatic N) is 2. The summed E-state index contributed by atoms with van der Waals surface area (Å²) in [6, 6.07) is 15.2. The molecule has 0 aliphatic heterocycles. The van der Waals surface area contributed by atoms with Crippen molar-refractivity contribution < 1.29 is 9.23 Å². The van der Waals surface area contributed by atoms with E-state index in [1.165, 1.54) is 18.3 Å². The highest BCUT2D eigenvalue weighted by atomic mass is 19.1. The summed E-state index contributed by atoms with van der Waals surface area (Å²) in [7, 11) is 0. The summed E-state index contributed by atoms with van der Waals surface area (Å²) < 4.78 is 12.9. The number of halogens is 1. The maximum absolute atomic E-state index is 12.9. The van der Waals surface area contributed by atoms with E-state index in [0.717, 1.165) is 5.56 Å². The van der Waals surface area contributed by atoms with E-state index in [1.54, 1.807) is 36.4 Å². The molecular weight excluding hydrogens is 243 g/mol. The lowest BCUT2D eigenvalue weighted by molar-refractivity contribution is 0.132. The van der Waals surface area contributed by atoms with Crippen LogP contribution >= 0.6 is 0 Å². The molecule has 94 valence electrons. The maximum atomic E-state index is 12.9. The number of hydrogen-bond donors (Lipinski definition) is 0. The molecule has 4 heteroatoms. The van der Waals surface area contributed by atoms with E-state index in [2.05, 4.69) is 5.16 Å². The smallest absolute Gasteiger partial charge is 0.142 e. The topological polar surface area (TPSA) is 45.4 Å². The van der Waals surface area contributed by atoms with E-state index < -0.39 is 0 Å². The third-order valence-electron chi connectivity index (χ3n) is 2.44. The van der Waals surface area contributed by atoms with E-state index >= 15 is 0 Å². The Kier molecular flexibility index (Phi) is 4.25. The van der Waals surface area contributed by atoms with Crippen molar-refractivity contribution >= 4 is 6.21 Å². The van der Waals surface area contributed by atoms with E-state index in [0.29, 0.717) is 17.7 Å². The molecule has 0 saturated heterocycles. The van der Waals surface area contributed by atoms with Crippen molar-refractivity contribution in [3.63, 3.8) is 0 Å². The summed E-state index contributed by atoms with van der Waals surface area (Å²) in [5, 5.41) is 12.4. The summed E-state index contributed by atoms with van der Waals surface area (Å²) in [6.07, 6.45) is 1.45. The van der Waals surface area contributed by atoms with Gasteiger partial charge in [-0.25, -0.2) is 4.39 Å². The van der Waals surface area contributed by atoms with Crippen molar-refractivity contribution in [2.75, 3.05) is 0 Å². The lowest BCUT2D eigenvalue weighted by Gasteiger charge is -1.99. The third-order valence-corrected chi connectivity index (χ3v) is 2.44. The second kappa shape index (κ2) is 6.31. The summed E-state index contributed by atoms with van der Waals surface area (Å²) >= 11 is 0. The van der Waals surface area contributed by atoms with Gasteiger partial charge in [-0.3, -0.25) is 0 Å². The first-order chi connectivity index (χ1) is 9.28. The minimum Gasteiger partial charge on any atom is -0.391 e. The molecule has 0 aliphatic carbocycles. The van der Waals surface area contributed by atoms with Gasteiger partial charge in [0.25, 0.3) is 0 Å². The molecule has 0 bridgehead atoms. The Morgan fingerprint density at radius 1 is 1.21 bits per heavy atom. The molecule has 0 spiro atoms. The van der Waals surface area contributed by atoms with E-state index in [1.807, 2.05) is 6.07 Å². The normalized spacial score (nSPS) is 10.3. The van der Waals surface area contributed by atoms with Gasteiger partial charge in [0.15, 0.2) is 0 Å². The fourth-order valence-corrected chi connectivity index (χ4v) is 1.47. The molecule has 0 saturated carbocycles. The monoisotopic (exact) mass is 254 g/mol. The average molecular weight is 254 g/mol. The van der Waals surface area contributed by atoms with Crippen molar-refractivity contribution in [2.24, 2.45) is 5.16 Å². The second-order valence-electron chi connectivity index (χ2n) is 3.87. The predicted molar refractivity (Wildman–Crippen MR) is 69.9 cm³/mol. The van der Waals surface area contributed by atoms with E-state index in [-0.39, 0.29) is 5.82 Å². The number of hydrogen-bond acceptors (Lipinski definition) is 3. The fourth-order valence-electron chi connectivity index (χ4n) is 1.47. The van der Waals surface area contributed by atoms with Crippen LogP contribution in [0.5, 0.6) is 0 Å². The van der Waals surface area contributed by atoms with Crippen molar-refractivity contribution in [2.45, 2.75) is 6.61 Å². The van der Waals surface area contributed by atoms with Crippen LogP contribution < -0.4 is 0 Å². The first kappa shape index (κ1) is 12.8. The molecule has 0 radical (unpaired) electrons. The molecule has 0 amide bonds. The van der Waals surface area contributed by atoms with Crippen LogP contribution in [0.4, 0.5) is 4.39 Å². The maximum Gasteiger partial charge on any atom is 0.142 e. The Labute approximate surface area is 110 Å². The first-order valence-electron chi connectivity index (χ1n) is 5.68. The Morgan fingerprint density at radius 3 is 2.68 bits per heavy atom. The molecule has 0 aliphatic rings. The van der Waals surface area contributed by atoms with Crippen LogP contribution in [0.25, 0.3) is 0 Å².